The van der Waals surface area contributed by atoms with Crippen molar-refractivity contribution >= 4 is 31.6 Å². The average molecular weight is 321 g/mol. The molecule has 0 aliphatic rings. The van der Waals surface area contributed by atoms with Gasteiger partial charge in [0.25, 0.3) is 0 Å². The van der Waals surface area contributed by atoms with Crippen LogP contribution in [0.5, 0.6) is 0 Å². The Morgan fingerprint density at radius 1 is 1.29 bits per heavy atom. The first-order chi connectivity index (χ1) is 7.94. The van der Waals surface area contributed by atoms with Crippen molar-refractivity contribution < 1.29 is 17.9 Å². The minimum absolute atomic E-state index is 0.107. The smallest absolute Gasteiger partial charge is 0.177 e. The van der Waals surface area contributed by atoms with Gasteiger partial charge in [0.1, 0.15) is 5.75 Å². The number of carbonyl (C=O) groups is 1. The number of hydrogen-bond acceptors (Lipinski definition) is 4. The highest BCUT2D eigenvalue weighted by Gasteiger charge is 2.17. The topological polar surface area (TPSA) is 60.4 Å². The predicted molar refractivity (Wildman–Crippen MR) is 69.0 cm³/mol. The maximum Gasteiger partial charge on any atom is 0.177 e. The molecule has 0 fully saturated rings. The number of Topliss-reactive ketones (excluding diaryl/α,β-unsaturated/α-hetero) is 1. The van der Waals surface area contributed by atoms with Crippen molar-refractivity contribution in [3.05, 3.63) is 34.3 Å². The van der Waals surface area contributed by atoms with E-state index in [4.69, 9.17) is 0 Å². The van der Waals surface area contributed by atoms with Crippen LogP contribution in [0.25, 0.3) is 0 Å². The first kappa shape index (κ1) is 14.3. The molecule has 0 aliphatic carbocycles. The monoisotopic (exact) mass is 320 g/mol. The molecule has 4 nitrogen and oxygen atoms in total. The maximum atomic E-state index is 11.7. The van der Waals surface area contributed by atoms with Gasteiger partial charge in [0.05, 0.1) is 12.4 Å². The molecule has 1 aromatic rings. The molecule has 0 spiro atoms. The normalized spacial score (nSPS) is 11.4. The first-order valence-corrected chi connectivity index (χ1v) is 7.54. The number of rotatable bonds is 6. The second-order valence-electron chi connectivity index (χ2n) is 3.51. The Balaban J connectivity index is 2.69. The van der Waals surface area contributed by atoms with Crippen LogP contribution in [0.3, 0.4) is 0 Å². The van der Waals surface area contributed by atoms with E-state index in [1.165, 1.54) is 7.11 Å². The Hall–Kier alpha value is -0.720. The lowest BCUT2D eigenvalue weighted by Crippen LogP contribution is -2.21. The number of sulfone groups is 1. The SMILES string of the molecule is COCCS(=O)(=O)CC(=O)c1ccc(Br)cc1. The van der Waals surface area contributed by atoms with E-state index in [1.807, 2.05) is 0 Å². The summed E-state index contributed by atoms with van der Waals surface area (Å²) in [6.07, 6.45) is 0. The Morgan fingerprint density at radius 3 is 2.41 bits per heavy atom. The van der Waals surface area contributed by atoms with Gasteiger partial charge >= 0.3 is 0 Å². The largest absolute Gasteiger partial charge is 0.384 e. The number of benzene rings is 1. The van der Waals surface area contributed by atoms with Crippen LogP contribution < -0.4 is 0 Å². The van der Waals surface area contributed by atoms with Crippen LogP contribution in [-0.2, 0) is 14.6 Å². The molecule has 0 heterocycles. The van der Waals surface area contributed by atoms with E-state index < -0.39 is 21.4 Å². The summed E-state index contributed by atoms with van der Waals surface area (Å²) in [5.41, 5.74) is 0.397. The molecule has 0 aliphatic heterocycles. The molecule has 6 heteroatoms. The molecule has 94 valence electrons. The van der Waals surface area contributed by atoms with Gasteiger partial charge in [0.15, 0.2) is 15.6 Å². The number of ketones is 1. The van der Waals surface area contributed by atoms with Crippen molar-refractivity contribution in [3.63, 3.8) is 0 Å². The standard InChI is InChI=1S/C11H13BrO4S/c1-16-6-7-17(14,15)8-11(13)9-2-4-10(12)5-3-9/h2-5H,6-8H2,1H3. The van der Waals surface area contributed by atoms with Gasteiger partial charge in [-0.2, -0.15) is 0 Å². The van der Waals surface area contributed by atoms with Gasteiger partial charge in [-0.05, 0) is 12.1 Å². The second-order valence-corrected chi connectivity index (χ2v) is 6.61. The van der Waals surface area contributed by atoms with Crippen LogP contribution in [0.1, 0.15) is 10.4 Å². The summed E-state index contributed by atoms with van der Waals surface area (Å²) in [6.45, 7) is 0.107. The molecule has 0 saturated carbocycles. The minimum Gasteiger partial charge on any atom is -0.384 e. The van der Waals surface area contributed by atoms with Gasteiger partial charge in [-0.25, -0.2) is 8.42 Å². The lowest BCUT2D eigenvalue weighted by atomic mass is 10.2. The van der Waals surface area contributed by atoms with Gasteiger partial charge in [-0.3, -0.25) is 4.79 Å². The van der Waals surface area contributed by atoms with Gasteiger partial charge in [0.2, 0.25) is 0 Å². The number of hydrogen-bond donors (Lipinski definition) is 0. The predicted octanol–water partition coefficient (Wildman–Crippen LogP) is 1.69. The van der Waals surface area contributed by atoms with Gasteiger partial charge < -0.3 is 4.74 Å². The molecule has 0 bridgehead atoms. The van der Waals surface area contributed by atoms with Crippen molar-refractivity contribution in [1.29, 1.82) is 0 Å². The Bertz CT molecular complexity index is 479. The molecule has 1 aromatic carbocycles. The number of methoxy groups -OCH3 is 1. The van der Waals surface area contributed by atoms with Crippen LogP contribution in [0.4, 0.5) is 0 Å². The van der Waals surface area contributed by atoms with Crippen molar-refractivity contribution in [3.8, 4) is 0 Å². The van der Waals surface area contributed by atoms with E-state index in [1.54, 1.807) is 24.3 Å². The molecule has 0 atom stereocenters. The number of ether oxygens (including phenoxy) is 1. The highest BCUT2D eigenvalue weighted by Crippen LogP contribution is 2.11. The van der Waals surface area contributed by atoms with Crippen molar-refractivity contribution in [2.45, 2.75) is 0 Å². The highest BCUT2D eigenvalue weighted by molar-refractivity contribution is 9.10. The van der Waals surface area contributed by atoms with Crippen LogP contribution in [-0.4, -0.2) is 39.4 Å². The molecule has 0 aromatic heterocycles. The minimum atomic E-state index is -3.39. The molecule has 17 heavy (non-hydrogen) atoms. The van der Waals surface area contributed by atoms with E-state index in [0.29, 0.717) is 5.56 Å². The molecule has 0 amide bonds. The van der Waals surface area contributed by atoms with Crippen molar-refractivity contribution in [1.82, 2.24) is 0 Å². The first-order valence-electron chi connectivity index (χ1n) is 4.93. The Morgan fingerprint density at radius 2 is 1.88 bits per heavy atom. The van der Waals surface area contributed by atoms with E-state index in [9.17, 15) is 13.2 Å². The van der Waals surface area contributed by atoms with Crippen LogP contribution >= 0.6 is 15.9 Å². The Kier molecular flexibility index (Phi) is 5.30. The molecular formula is C11H13BrO4S. The lowest BCUT2D eigenvalue weighted by Gasteiger charge is -2.03. The number of carbonyl (C=O) groups excluding carboxylic acids is 1. The molecule has 0 saturated heterocycles. The van der Waals surface area contributed by atoms with Crippen LogP contribution in [0.15, 0.2) is 28.7 Å². The third kappa shape index (κ3) is 4.97. The second kappa shape index (κ2) is 6.28. The quantitative estimate of drug-likeness (QED) is 0.748. The summed E-state index contributed by atoms with van der Waals surface area (Å²) in [7, 11) is -1.96. The van der Waals surface area contributed by atoms with Gasteiger partial charge in [-0.1, -0.05) is 28.1 Å². The van der Waals surface area contributed by atoms with Gasteiger partial charge in [-0.15, -0.1) is 0 Å². The fourth-order valence-corrected chi connectivity index (χ4v) is 2.60. The summed E-state index contributed by atoms with van der Waals surface area (Å²) < 4.78 is 28.6. The fourth-order valence-electron chi connectivity index (χ4n) is 1.20. The molecule has 0 radical (unpaired) electrons. The highest BCUT2D eigenvalue weighted by atomic mass is 79.9. The summed E-state index contributed by atoms with van der Waals surface area (Å²) in [5, 5.41) is 0. The number of halogens is 1. The maximum absolute atomic E-state index is 11.7. The van der Waals surface area contributed by atoms with Crippen LogP contribution in [0.2, 0.25) is 0 Å². The zero-order chi connectivity index (χ0) is 12.9. The summed E-state index contributed by atoms with van der Waals surface area (Å²) in [6, 6.07) is 6.60. The molecule has 1 rings (SSSR count). The van der Waals surface area contributed by atoms with E-state index in [2.05, 4.69) is 20.7 Å². The zero-order valence-corrected chi connectivity index (χ0v) is 11.8. The van der Waals surface area contributed by atoms with Gasteiger partial charge in [0, 0.05) is 17.1 Å². The Labute approximate surface area is 109 Å². The van der Waals surface area contributed by atoms with Crippen molar-refractivity contribution in [2.75, 3.05) is 25.2 Å². The summed E-state index contributed by atoms with van der Waals surface area (Å²) in [4.78, 5) is 11.7. The summed E-state index contributed by atoms with van der Waals surface area (Å²) in [5.74, 6) is -1.00. The fraction of sp³-hybridized carbons (Fsp3) is 0.364. The third-order valence-electron chi connectivity index (χ3n) is 2.12. The van der Waals surface area contributed by atoms with Crippen molar-refractivity contribution in [2.24, 2.45) is 0 Å². The summed E-state index contributed by atoms with van der Waals surface area (Å²) >= 11 is 3.24. The third-order valence-corrected chi connectivity index (χ3v) is 4.14. The molecular weight excluding hydrogens is 308 g/mol. The van der Waals surface area contributed by atoms with Crippen LogP contribution in [0, 0.1) is 0 Å². The average Bonchev–Trinajstić information content (AvgIpc) is 2.26. The molecule has 0 unspecified atom stereocenters. The van der Waals surface area contributed by atoms with E-state index >= 15 is 0 Å². The zero-order valence-electron chi connectivity index (χ0n) is 9.35. The molecule has 0 N–H and O–H groups in total. The van der Waals surface area contributed by atoms with E-state index in [-0.39, 0.29) is 12.4 Å². The van der Waals surface area contributed by atoms with E-state index in [0.717, 1.165) is 4.47 Å². The lowest BCUT2D eigenvalue weighted by molar-refractivity contribution is 0.102.